The number of hydrogen-bond donors (Lipinski definition) is 3. The van der Waals surface area contributed by atoms with Crippen LogP contribution in [0, 0.1) is 0 Å². The van der Waals surface area contributed by atoms with Crippen LogP contribution in [-0.4, -0.2) is 55.6 Å². The SMILES string of the molecule is CNCCCN(C)c1cc(C(=O)NC(C)c2cccnc2)cc([C@H](CNC(C)C)Cc2ccccn2)c1. The summed E-state index contributed by atoms with van der Waals surface area (Å²) in [5.74, 6) is 0.0849. The Hall–Kier alpha value is -3.29. The van der Waals surface area contributed by atoms with Crippen molar-refractivity contribution in [3.05, 3.63) is 89.5 Å². The van der Waals surface area contributed by atoms with E-state index >= 15 is 0 Å². The Kier molecular flexibility index (Phi) is 11.0. The molecule has 0 spiro atoms. The number of nitrogens with zero attached hydrogens (tertiary/aromatic N) is 3. The first-order chi connectivity index (χ1) is 17.9. The van der Waals surface area contributed by atoms with Gasteiger partial charge < -0.3 is 20.9 Å². The Balaban J connectivity index is 1.94. The van der Waals surface area contributed by atoms with E-state index in [2.05, 4.69) is 63.8 Å². The second-order valence-electron chi connectivity index (χ2n) is 9.96. The van der Waals surface area contributed by atoms with E-state index in [1.807, 2.05) is 56.6 Å². The summed E-state index contributed by atoms with van der Waals surface area (Å²) >= 11 is 0. The summed E-state index contributed by atoms with van der Waals surface area (Å²) in [6, 6.07) is 16.4. The van der Waals surface area contributed by atoms with E-state index in [1.54, 1.807) is 12.4 Å². The highest BCUT2D eigenvalue weighted by molar-refractivity contribution is 5.95. The van der Waals surface area contributed by atoms with Gasteiger partial charge in [-0.2, -0.15) is 0 Å². The Morgan fingerprint density at radius 1 is 1.03 bits per heavy atom. The number of rotatable bonds is 14. The van der Waals surface area contributed by atoms with Crippen LogP contribution in [0.4, 0.5) is 5.69 Å². The first-order valence-electron chi connectivity index (χ1n) is 13.2. The van der Waals surface area contributed by atoms with Crippen molar-refractivity contribution in [2.45, 2.75) is 51.6 Å². The van der Waals surface area contributed by atoms with Crippen LogP contribution in [-0.2, 0) is 6.42 Å². The molecule has 2 atom stereocenters. The Morgan fingerprint density at radius 3 is 2.54 bits per heavy atom. The molecule has 3 aromatic rings. The van der Waals surface area contributed by atoms with Gasteiger partial charge in [-0.3, -0.25) is 14.8 Å². The lowest BCUT2D eigenvalue weighted by atomic mass is 9.91. The molecule has 0 aliphatic heterocycles. The zero-order valence-electron chi connectivity index (χ0n) is 22.9. The third kappa shape index (κ3) is 8.95. The summed E-state index contributed by atoms with van der Waals surface area (Å²) in [4.78, 5) is 24.5. The number of anilines is 1. The summed E-state index contributed by atoms with van der Waals surface area (Å²) in [6.07, 6.45) is 7.18. The molecule has 0 fully saturated rings. The lowest BCUT2D eigenvalue weighted by Gasteiger charge is -2.25. The maximum absolute atomic E-state index is 13.5. The minimum atomic E-state index is -0.145. The van der Waals surface area contributed by atoms with Crippen LogP contribution in [0.25, 0.3) is 0 Å². The molecular formula is C30H42N6O. The Morgan fingerprint density at radius 2 is 1.86 bits per heavy atom. The van der Waals surface area contributed by atoms with Crippen molar-refractivity contribution in [3.63, 3.8) is 0 Å². The van der Waals surface area contributed by atoms with Crippen molar-refractivity contribution in [2.24, 2.45) is 0 Å². The first-order valence-corrected chi connectivity index (χ1v) is 13.2. The molecule has 1 unspecified atom stereocenters. The van der Waals surface area contributed by atoms with E-state index in [0.717, 1.165) is 55.0 Å². The van der Waals surface area contributed by atoms with Crippen molar-refractivity contribution in [1.82, 2.24) is 25.9 Å². The lowest BCUT2D eigenvalue weighted by molar-refractivity contribution is 0.0939. The van der Waals surface area contributed by atoms with Crippen LogP contribution in [0.15, 0.2) is 67.1 Å². The average Bonchev–Trinajstić information content (AvgIpc) is 2.91. The second-order valence-corrected chi connectivity index (χ2v) is 9.96. The van der Waals surface area contributed by atoms with Crippen LogP contribution in [0.2, 0.25) is 0 Å². The van der Waals surface area contributed by atoms with Crippen LogP contribution in [0.1, 0.15) is 66.3 Å². The van der Waals surface area contributed by atoms with Crippen LogP contribution in [0.5, 0.6) is 0 Å². The van der Waals surface area contributed by atoms with Crippen LogP contribution >= 0.6 is 0 Å². The molecule has 0 radical (unpaired) electrons. The minimum Gasteiger partial charge on any atom is -0.375 e. The summed E-state index contributed by atoms with van der Waals surface area (Å²) in [5, 5.41) is 9.98. The topological polar surface area (TPSA) is 82.2 Å². The van der Waals surface area contributed by atoms with Crippen molar-refractivity contribution in [3.8, 4) is 0 Å². The minimum absolute atomic E-state index is 0.0866. The normalized spacial score (nSPS) is 12.8. The number of carbonyl (C=O) groups excluding carboxylic acids is 1. The van der Waals surface area contributed by atoms with Gasteiger partial charge in [0, 0.05) is 67.6 Å². The number of carbonyl (C=O) groups is 1. The molecule has 2 aromatic heterocycles. The highest BCUT2D eigenvalue weighted by Crippen LogP contribution is 2.27. The van der Waals surface area contributed by atoms with Crippen LogP contribution < -0.4 is 20.9 Å². The standard InChI is InChI=1S/C30H42N6O/c1-22(2)34-21-27(17-28-11-6-7-14-33-28)25-16-26(19-29(18-25)36(5)15-9-12-31-4)30(37)35-23(3)24-10-8-13-32-20-24/h6-8,10-11,13-14,16,18-20,22-23,27,31,34H,9,12,15,17,21H2,1-5H3,(H,35,37)/t23?,27-/m0/s1. The number of nitrogens with one attached hydrogen (secondary N) is 3. The molecule has 198 valence electrons. The van der Waals surface area contributed by atoms with Gasteiger partial charge in [0.1, 0.15) is 0 Å². The quantitative estimate of drug-likeness (QED) is 0.285. The van der Waals surface area contributed by atoms with Gasteiger partial charge in [0.25, 0.3) is 5.91 Å². The van der Waals surface area contributed by atoms with Gasteiger partial charge in [-0.25, -0.2) is 0 Å². The number of aromatic nitrogens is 2. The maximum Gasteiger partial charge on any atom is 0.251 e. The number of pyridine rings is 2. The van der Waals surface area contributed by atoms with Gasteiger partial charge in [0.15, 0.2) is 0 Å². The fraction of sp³-hybridized carbons (Fsp3) is 0.433. The number of benzene rings is 1. The fourth-order valence-corrected chi connectivity index (χ4v) is 4.30. The van der Waals surface area contributed by atoms with Crippen molar-refractivity contribution in [1.29, 1.82) is 0 Å². The van der Waals surface area contributed by atoms with Gasteiger partial charge in [-0.1, -0.05) is 26.0 Å². The van der Waals surface area contributed by atoms with Crippen molar-refractivity contribution in [2.75, 3.05) is 38.6 Å². The van der Waals surface area contributed by atoms with E-state index in [9.17, 15) is 4.79 Å². The summed E-state index contributed by atoms with van der Waals surface area (Å²) < 4.78 is 0. The molecule has 7 heteroatoms. The summed E-state index contributed by atoms with van der Waals surface area (Å²) in [7, 11) is 4.06. The first kappa shape index (κ1) is 28.3. The molecule has 1 amide bonds. The van der Waals surface area contributed by atoms with Gasteiger partial charge >= 0.3 is 0 Å². The molecule has 0 aliphatic carbocycles. The molecule has 0 saturated carbocycles. The molecule has 3 N–H and O–H groups in total. The third-order valence-corrected chi connectivity index (χ3v) is 6.52. The zero-order chi connectivity index (χ0) is 26.6. The second kappa shape index (κ2) is 14.4. The van der Waals surface area contributed by atoms with Gasteiger partial charge in [0.2, 0.25) is 0 Å². The van der Waals surface area contributed by atoms with E-state index in [-0.39, 0.29) is 17.9 Å². The molecular weight excluding hydrogens is 460 g/mol. The molecule has 1 aromatic carbocycles. The molecule has 3 rings (SSSR count). The van der Waals surface area contributed by atoms with Gasteiger partial charge in [-0.15, -0.1) is 0 Å². The molecule has 2 heterocycles. The predicted molar refractivity (Wildman–Crippen MR) is 152 cm³/mol. The fourth-order valence-electron chi connectivity index (χ4n) is 4.30. The Labute approximate surface area is 222 Å². The van der Waals surface area contributed by atoms with Gasteiger partial charge in [0.05, 0.1) is 6.04 Å². The van der Waals surface area contributed by atoms with E-state index < -0.39 is 0 Å². The molecule has 37 heavy (non-hydrogen) atoms. The monoisotopic (exact) mass is 502 g/mol. The molecule has 0 bridgehead atoms. The Bertz CT molecular complexity index is 1090. The molecule has 7 nitrogen and oxygen atoms in total. The van der Waals surface area contributed by atoms with E-state index in [1.165, 1.54) is 0 Å². The summed E-state index contributed by atoms with van der Waals surface area (Å²) in [5.41, 5.74) is 4.87. The molecule has 0 aliphatic rings. The van der Waals surface area contributed by atoms with E-state index in [4.69, 9.17) is 0 Å². The van der Waals surface area contributed by atoms with Crippen LogP contribution in [0.3, 0.4) is 0 Å². The van der Waals surface area contributed by atoms with Crippen molar-refractivity contribution >= 4 is 11.6 Å². The largest absolute Gasteiger partial charge is 0.375 e. The van der Waals surface area contributed by atoms with Gasteiger partial charge in [-0.05, 0) is 80.9 Å². The predicted octanol–water partition coefficient (Wildman–Crippen LogP) is 4.34. The number of amides is 1. The highest BCUT2D eigenvalue weighted by Gasteiger charge is 2.20. The highest BCUT2D eigenvalue weighted by atomic mass is 16.1. The lowest BCUT2D eigenvalue weighted by Crippen LogP contribution is -2.30. The van der Waals surface area contributed by atoms with Crippen molar-refractivity contribution < 1.29 is 4.79 Å². The molecule has 0 saturated heterocycles. The summed E-state index contributed by atoms with van der Waals surface area (Å²) in [6.45, 7) is 8.94. The maximum atomic E-state index is 13.5. The van der Waals surface area contributed by atoms with E-state index in [0.29, 0.717) is 11.6 Å². The smallest absolute Gasteiger partial charge is 0.251 e. The number of hydrogen-bond acceptors (Lipinski definition) is 6. The average molecular weight is 503 g/mol. The zero-order valence-corrected chi connectivity index (χ0v) is 22.9. The third-order valence-electron chi connectivity index (χ3n) is 6.52.